The van der Waals surface area contributed by atoms with Crippen molar-refractivity contribution in [3.63, 3.8) is 0 Å². The predicted molar refractivity (Wildman–Crippen MR) is 74.9 cm³/mol. The minimum atomic E-state index is -0.423. The third-order valence-electron chi connectivity index (χ3n) is 2.75. The van der Waals surface area contributed by atoms with E-state index in [4.69, 9.17) is 9.15 Å². The van der Waals surface area contributed by atoms with E-state index in [1.807, 2.05) is 0 Å². The van der Waals surface area contributed by atoms with Gasteiger partial charge in [0.1, 0.15) is 5.82 Å². The van der Waals surface area contributed by atoms with Crippen molar-refractivity contribution in [1.82, 2.24) is 5.32 Å². The smallest absolute Gasteiger partial charge is 0.287 e. The molecule has 0 saturated carbocycles. The van der Waals surface area contributed by atoms with Crippen molar-refractivity contribution in [1.29, 1.82) is 0 Å². The molecular weight excluding hydrogens is 329 g/mol. The Morgan fingerprint density at radius 2 is 2.25 bits per heavy atom. The van der Waals surface area contributed by atoms with Gasteiger partial charge in [0.25, 0.3) is 5.91 Å². The lowest BCUT2D eigenvalue weighted by Gasteiger charge is -2.16. The second-order valence-electron chi connectivity index (χ2n) is 4.09. The summed E-state index contributed by atoms with van der Waals surface area (Å²) in [5.74, 6) is -0.494. The zero-order valence-corrected chi connectivity index (χ0v) is 12.3. The summed E-state index contributed by atoms with van der Waals surface area (Å²) in [4.78, 5) is 11.8. The minimum absolute atomic E-state index is 0.200. The predicted octanol–water partition coefficient (Wildman–Crippen LogP) is 3.30. The summed E-state index contributed by atoms with van der Waals surface area (Å²) in [7, 11) is 1.51. The number of hydrogen-bond donors (Lipinski definition) is 1. The van der Waals surface area contributed by atoms with E-state index in [1.54, 1.807) is 24.3 Å². The fourth-order valence-electron chi connectivity index (χ4n) is 1.75. The number of carbonyl (C=O) groups excluding carboxylic acids is 1. The minimum Gasteiger partial charge on any atom is -0.444 e. The van der Waals surface area contributed by atoms with Gasteiger partial charge in [-0.05, 0) is 45.8 Å². The lowest BCUT2D eigenvalue weighted by Crippen LogP contribution is -2.28. The molecule has 0 unspecified atom stereocenters. The van der Waals surface area contributed by atoms with E-state index in [-0.39, 0.29) is 24.0 Å². The zero-order chi connectivity index (χ0) is 14.5. The van der Waals surface area contributed by atoms with Gasteiger partial charge in [0.15, 0.2) is 10.4 Å². The molecule has 0 saturated heterocycles. The quantitative estimate of drug-likeness (QED) is 0.907. The van der Waals surface area contributed by atoms with Gasteiger partial charge in [-0.3, -0.25) is 4.79 Å². The van der Waals surface area contributed by atoms with Gasteiger partial charge in [-0.15, -0.1) is 0 Å². The van der Waals surface area contributed by atoms with Crippen LogP contribution < -0.4 is 5.32 Å². The molecule has 1 N–H and O–H groups in total. The van der Waals surface area contributed by atoms with Crippen molar-refractivity contribution in [3.05, 3.63) is 58.2 Å². The number of amides is 1. The molecule has 0 aliphatic heterocycles. The number of carbonyl (C=O) groups is 1. The van der Waals surface area contributed by atoms with Crippen LogP contribution in [0.2, 0.25) is 0 Å². The van der Waals surface area contributed by atoms with Crippen LogP contribution in [-0.2, 0) is 4.74 Å². The summed E-state index contributed by atoms with van der Waals surface area (Å²) >= 11 is 3.13. The molecule has 0 spiro atoms. The number of rotatable bonds is 5. The Balaban J connectivity index is 1.99. The molecule has 1 amide bonds. The largest absolute Gasteiger partial charge is 0.444 e. The standard InChI is InChI=1S/C14H13BrFNO3/c1-19-12(9-3-2-4-10(16)7-9)8-17-14(18)11-5-6-13(15)20-11/h2-7,12H,8H2,1H3,(H,17,18)/t12-/m0/s1. The molecule has 0 radical (unpaired) electrons. The second kappa shape index (κ2) is 6.67. The van der Waals surface area contributed by atoms with Crippen LogP contribution in [0, 0.1) is 5.82 Å². The molecule has 1 aromatic carbocycles. The number of furan rings is 1. The molecule has 106 valence electrons. The molecule has 2 aromatic rings. The normalized spacial score (nSPS) is 12.2. The van der Waals surface area contributed by atoms with Crippen molar-refractivity contribution in [3.8, 4) is 0 Å². The van der Waals surface area contributed by atoms with E-state index in [0.717, 1.165) is 0 Å². The average molecular weight is 342 g/mol. The molecular formula is C14H13BrFNO3. The van der Waals surface area contributed by atoms with Crippen molar-refractivity contribution < 1.29 is 18.3 Å². The molecule has 2 rings (SSSR count). The van der Waals surface area contributed by atoms with E-state index in [1.165, 1.54) is 19.2 Å². The molecule has 1 aromatic heterocycles. The maximum atomic E-state index is 13.2. The maximum absolute atomic E-state index is 13.2. The molecule has 0 aliphatic rings. The molecule has 20 heavy (non-hydrogen) atoms. The number of benzene rings is 1. The maximum Gasteiger partial charge on any atom is 0.287 e. The van der Waals surface area contributed by atoms with Crippen LogP contribution in [0.15, 0.2) is 45.5 Å². The zero-order valence-electron chi connectivity index (χ0n) is 10.7. The lowest BCUT2D eigenvalue weighted by atomic mass is 10.1. The highest BCUT2D eigenvalue weighted by molar-refractivity contribution is 9.10. The topological polar surface area (TPSA) is 51.5 Å². The van der Waals surface area contributed by atoms with E-state index in [2.05, 4.69) is 21.2 Å². The number of ether oxygens (including phenoxy) is 1. The first-order chi connectivity index (χ1) is 9.60. The van der Waals surface area contributed by atoms with E-state index in [0.29, 0.717) is 10.2 Å². The molecule has 1 atom stereocenters. The van der Waals surface area contributed by atoms with E-state index in [9.17, 15) is 9.18 Å². The monoisotopic (exact) mass is 341 g/mol. The first-order valence-corrected chi connectivity index (χ1v) is 6.71. The molecule has 4 nitrogen and oxygen atoms in total. The van der Waals surface area contributed by atoms with E-state index < -0.39 is 6.10 Å². The Hall–Kier alpha value is -1.66. The summed E-state index contributed by atoms with van der Waals surface area (Å²) in [5.41, 5.74) is 0.661. The van der Waals surface area contributed by atoms with Crippen molar-refractivity contribution in [2.24, 2.45) is 0 Å². The van der Waals surface area contributed by atoms with Crippen molar-refractivity contribution >= 4 is 21.8 Å². The number of hydrogen-bond acceptors (Lipinski definition) is 3. The number of halogens is 2. The molecule has 1 heterocycles. The van der Waals surface area contributed by atoms with Crippen LogP contribution in [0.3, 0.4) is 0 Å². The highest BCUT2D eigenvalue weighted by Gasteiger charge is 2.15. The van der Waals surface area contributed by atoms with Crippen LogP contribution in [0.25, 0.3) is 0 Å². The van der Waals surface area contributed by atoms with Crippen LogP contribution in [0.4, 0.5) is 4.39 Å². The van der Waals surface area contributed by atoms with Gasteiger partial charge in [0.2, 0.25) is 0 Å². The van der Waals surface area contributed by atoms with E-state index >= 15 is 0 Å². The van der Waals surface area contributed by atoms with Gasteiger partial charge in [-0.25, -0.2) is 4.39 Å². The fourth-order valence-corrected chi connectivity index (χ4v) is 2.06. The molecule has 0 bridgehead atoms. The fraction of sp³-hybridized carbons (Fsp3) is 0.214. The Morgan fingerprint density at radius 3 is 2.85 bits per heavy atom. The number of methoxy groups -OCH3 is 1. The van der Waals surface area contributed by atoms with Gasteiger partial charge in [-0.2, -0.15) is 0 Å². The highest BCUT2D eigenvalue weighted by Crippen LogP contribution is 2.17. The summed E-state index contributed by atoms with van der Waals surface area (Å²) < 4.78 is 24.1. The number of nitrogens with one attached hydrogen (secondary N) is 1. The van der Waals surface area contributed by atoms with Gasteiger partial charge in [-0.1, -0.05) is 12.1 Å². The van der Waals surface area contributed by atoms with Gasteiger partial charge in [0.05, 0.1) is 6.10 Å². The van der Waals surface area contributed by atoms with Crippen LogP contribution in [-0.4, -0.2) is 19.6 Å². The summed E-state index contributed by atoms with van der Waals surface area (Å²) in [6.45, 7) is 0.219. The average Bonchev–Trinajstić information content (AvgIpc) is 2.86. The third kappa shape index (κ3) is 3.68. The Bertz CT molecular complexity index is 600. The Labute approximate surface area is 124 Å². The van der Waals surface area contributed by atoms with Crippen LogP contribution >= 0.6 is 15.9 Å². The summed E-state index contributed by atoms with van der Waals surface area (Å²) in [6.07, 6.45) is -0.423. The SMILES string of the molecule is CO[C@@H](CNC(=O)c1ccc(Br)o1)c1cccc(F)c1. The molecule has 0 aliphatic carbocycles. The highest BCUT2D eigenvalue weighted by atomic mass is 79.9. The summed E-state index contributed by atoms with van der Waals surface area (Å²) in [6, 6.07) is 9.27. The first kappa shape index (κ1) is 14.7. The third-order valence-corrected chi connectivity index (χ3v) is 3.18. The van der Waals surface area contributed by atoms with Gasteiger partial charge >= 0.3 is 0 Å². The van der Waals surface area contributed by atoms with Gasteiger partial charge in [0, 0.05) is 13.7 Å². The van der Waals surface area contributed by atoms with Crippen molar-refractivity contribution in [2.75, 3.05) is 13.7 Å². The second-order valence-corrected chi connectivity index (χ2v) is 4.87. The first-order valence-electron chi connectivity index (χ1n) is 5.92. The van der Waals surface area contributed by atoms with Crippen molar-refractivity contribution in [2.45, 2.75) is 6.10 Å². The molecule has 0 fully saturated rings. The van der Waals surface area contributed by atoms with Gasteiger partial charge < -0.3 is 14.5 Å². The Morgan fingerprint density at radius 1 is 1.45 bits per heavy atom. The van der Waals surface area contributed by atoms with Crippen LogP contribution in [0.5, 0.6) is 0 Å². The Kier molecular flexibility index (Phi) is 4.92. The van der Waals surface area contributed by atoms with Crippen LogP contribution in [0.1, 0.15) is 22.2 Å². The molecule has 6 heteroatoms. The lowest BCUT2D eigenvalue weighted by molar-refractivity contribution is 0.0805. The summed E-state index contributed by atoms with van der Waals surface area (Å²) in [5, 5.41) is 2.68.